The molecular formula is C21H15ClF4N4O3. The molecule has 3 N–H and O–H groups in total. The van der Waals surface area contributed by atoms with Gasteiger partial charge in [-0.15, -0.1) is 0 Å². The maximum absolute atomic E-state index is 14.4. The van der Waals surface area contributed by atoms with Crippen LogP contribution < -0.4 is 20.7 Å². The van der Waals surface area contributed by atoms with Crippen molar-refractivity contribution >= 4 is 34.9 Å². The number of rotatable bonds is 5. The minimum atomic E-state index is -4.59. The van der Waals surface area contributed by atoms with Crippen molar-refractivity contribution in [1.82, 2.24) is 10.3 Å². The molecular weight excluding hydrogens is 468 g/mol. The summed E-state index contributed by atoms with van der Waals surface area (Å²) in [5.41, 5.74) is -1.18. The first-order chi connectivity index (χ1) is 15.6. The number of pyridine rings is 1. The Morgan fingerprint density at radius 3 is 2.27 bits per heavy atom. The van der Waals surface area contributed by atoms with Gasteiger partial charge in [-0.25, -0.2) is 9.18 Å². The minimum Gasteiger partial charge on any atom is -0.457 e. The number of nitrogens with zero attached hydrogens (tertiary/aromatic N) is 1. The van der Waals surface area contributed by atoms with Crippen molar-refractivity contribution in [3.63, 3.8) is 0 Å². The lowest BCUT2D eigenvalue weighted by Gasteiger charge is -2.13. The monoisotopic (exact) mass is 482 g/mol. The molecule has 33 heavy (non-hydrogen) atoms. The van der Waals surface area contributed by atoms with E-state index in [-0.39, 0.29) is 33.6 Å². The SMILES string of the molecule is CNC(=O)c1cc(Oc2ccc(NC(=O)Nc3ccc(C(F)(F)F)cc3Cl)c(F)c2)ccn1. The summed E-state index contributed by atoms with van der Waals surface area (Å²) in [6, 6.07) is 7.90. The second kappa shape index (κ2) is 9.74. The molecule has 1 aromatic heterocycles. The van der Waals surface area contributed by atoms with Crippen LogP contribution in [0.15, 0.2) is 54.7 Å². The third-order valence-electron chi connectivity index (χ3n) is 4.16. The van der Waals surface area contributed by atoms with Gasteiger partial charge in [0.1, 0.15) is 23.0 Å². The number of halogens is 5. The molecule has 3 amide bonds. The average Bonchev–Trinajstić information content (AvgIpc) is 2.76. The molecule has 3 rings (SSSR count). The number of aromatic nitrogens is 1. The van der Waals surface area contributed by atoms with Crippen molar-refractivity contribution in [2.24, 2.45) is 0 Å². The summed E-state index contributed by atoms with van der Waals surface area (Å²) in [6.45, 7) is 0. The quantitative estimate of drug-likeness (QED) is 0.407. The van der Waals surface area contributed by atoms with E-state index < -0.39 is 29.5 Å². The fraction of sp³-hybridized carbons (Fsp3) is 0.0952. The van der Waals surface area contributed by atoms with Gasteiger partial charge < -0.3 is 20.7 Å². The first kappa shape index (κ1) is 23.8. The first-order valence-electron chi connectivity index (χ1n) is 9.17. The Hall–Kier alpha value is -3.86. The smallest absolute Gasteiger partial charge is 0.416 e. The minimum absolute atomic E-state index is 0.0818. The number of amides is 3. The van der Waals surface area contributed by atoms with Crippen molar-refractivity contribution in [2.75, 3.05) is 17.7 Å². The highest BCUT2D eigenvalue weighted by Crippen LogP contribution is 2.34. The molecule has 0 saturated carbocycles. The molecule has 0 bridgehead atoms. The topological polar surface area (TPSA) is 92.4 Å². The Balaban J connectivity index is 1.67. The summed E-state index contributed by atoms with van der Waals surface area (Å²) in [6.07, 6.45) is -3.24. The van der Waals surface area contributed by atoms with Crippen molar-refractivity contribution in [3.05, 3.63) is 76.8 Å². The van der Waals surface area contributed by atoms with E-state index in [9.17, 15) is 27.2 Å². The molecule has 7 nitrogen and oxygen atoms in total. The number of urea groups is 1. The number of hydrogen-bond acceptors (Lipinski definition) is 4. The molecule has 3 aromatic rings. The van der Waals surface area contributed by atoms with E-state index >= 15 is 0 Å². The lowest BCUT2D eigenvalue weighted by atomic mass is 10.2. The summed E-state index contributed by atoms with van der Waals surface area (Å²) in [5, 5.41) is 6.56. The molecule has 0 atom stereocenters. The van der Waals surface area contributed by atoms with E-state index in [0.717, 1.165) is 18.2 Å². The molecule has 0 unspecified atom stereocenters. The molecule has 0 aliphatic rings. The molecule has 0 saturated heterocycles. The fourth-order valence-electron chi connectivity index (χ4n) is 2.59. The van der Waals surface area contributed by atoms with Gasteiger partial charge in [-0.3, -0.25) is 9.78 Å². The van der Waals surface area contributed by atoms with Crippen LogP contribution in [0, 0.1) is 5.82 Å². The molecule has 0 fully saturated rings. The van der Waals surface area contributed by atoms with Crippen LogP contribution in [-0.4, -0.2) is 24.0 Å². The summed E-state index contributed by atoms with van der Waals surface area (Å²) in [4.78, 5) is 27.7. The Kier molecular flexibility index (Phi) is 7.02. The number of ether oxygens (including phenoxy) is 1. The van der Waals surface area contributed by atoms with Crippen LogP contribution in [0.4, 0.5) is 33.7 Å². The number of anilines is 2. The van der Waals surface area contributed by atoms with E-state index in [1.165, 1.54) is 37.5 Å². The largest absolute Gasteiger partial charge is 0.457 e. The maximum atomic E-state index is 14.4. The lowest BCUT2D eigenvalue weighted by Crippen LogP contribution is -2.20. The fourth-order valence-corrected chi connectivity index (χ4v) is 2.82. The van der Waals surface area contributed by atoms with E-state index in [1.54, 1.807) is 0 Å². The molecule has 2 aromatic carbocycles. The van der Waals surface area contributed by atoms with E-state index in [0.29, 0.717) is 6.07 Å². The predicted molar refractivity (Wildman–Crippen MR) is 113 cm³/mol. The maximum Gasteiger partial charge on any atom is 0.416 e. The predicted octanol–water partition coefficient (Wildman–Crippen LogP) is 5.69. The summed E-state index contributed by atoms with van der Waals surface area (Å²) in [5.74, 6) is -0.955. The van der Waals surface area contributed by atoms with Crippen molar-refractivity contribution in [1.29, 1.82) is 0 Å². The van der Waals surface area contributed by atoms with Crippen LogP contribution >= 0.6 is 11.6 Å². The highest BCUT2D eigenvalue weighted by molar-refractivity contribution is 6.33. The number of hydrogen-bond donors (Lipinski definition) is 3. The Morgan fingerprint density at radius 1 is 0.970 bits per heavy atom. The second-order valence-electron chi connectivity index (χ2n) is 6.47. The van der Waals surface area contributed by atoms with Crippen LogP contribution in [0.2, 0.25) is 5.02 Å². The van der Waals surface area contributed by atoms with Crippen molar-refractivity contribution in [2.45, 2.75) is 6.18 Å². The van der Waals surface area contributed by atoms with Gasteiger partial charge in [-0.1, -0.05) is 11.6 Å². The number of carbonyl (C=O) groups is 2. The van der Waals surface area contributed by atoms with Crippen molar-refractivity contribution in [3.8, 4) is 11.5 Å². The molecule has 0 spiro atoms. The molecule has 1 heterocycles. The number of nitrogens with one attached hydrogen (secondary N) is 3. The highest BCUT2D eigenvalue weighted by Gasteiger charge is 2.31. The van der Waals surface area contributed by atoms with Gasteiger partial charge in [0.05, 0.1) is 22.0 Å². The van der Waals surface area contributed by atoms with Crippen LogP contribution in [0.5, 0.6) is 11.5 Å². The van der Waals surface area contributed by atoms with Crippen molar-refractivity contribution < 1.29 is 31.9 Å². The molecule has 0 aliphatic heterocycles. The number of benzene rings is 2. The Bertz CT molecular complexity index is 1200. The molecule has 12 heteroatoms. The van der Waals surface area contributed by atoms with Gasteiger partial charge in [0, 0.05) is 25.4 Å². The normalized spacial score (nSPS) is 11.0. The van der Waals surface area contributed by atoms with Gasteiger partial charge in [0.15, 0.2) is 0 Å². The van der Waals surface area contributed by atoms with Crippen LogP contribution in [0.3, 0.4) is 0 Å². The number of carbonyl (C=O) groups excluding carboxylic acids is 2. The second-order valence-corrected chi connectivity index (χ2v) is 6.88. The van der Waals surface area contributed by atoms with Gasteiger partial charge in [0.25, 0.3) is 5.91 Å². The van der Waals surface area contributed by atoms with Crippen LogP contribution in [0.1, 0.15) is 16.1 Å². The highest BCUT2D eigenvalue weighted by atomic mass is 35.5. The molecule has 172 valence electrons. The zero-order valence-electron chi connectivity index (χ0n) is 16.8. The van der Waals surface area contributed by atoms with Crippen LogP contribution in [-0.2, 0) is 6.18 Å². The Morgan fingerprint density at radius 2 is 1.64 bits per heavy atom. The van der Waals surface area contributed by atoms with Crippen LogP contribution in [0.25, 0.3) is 0 Å². The molecule has 0 radical (unpaired) electrons. The van der Waals surface area contributed by atoms with Gasteiger partial charge >= 0.3 is 12.2 Å². The summed E-state index contributed by atoms with van der Waals surface area (Å²) in [7, 11) is 1.44. The zero-order chi connectivity index (χ0) is 24.2. The van der Waals surface area contributed by atoms with E-state index in [1.807, 2.05) is 0 Å². The van der Waals surface area contributed by atoms with Gasteiger partial charge in [-0.05, 0) is 36.4 Å². The van der Waals surface area contributed by atoms with E-state index in [4.69, 9.17) is 16.3 Å². The first-order valence-corrected chi connectivity index (χ1v) is 9.55. The van der Waals surface area contributed by atoms with E-state index in [2.05, 4.69) is 20.9 Å². The summed E-state index contributed by atoms with van der Waals surface area (Å²) >= 11 is 5.79. The standard InChI is InChI=1S/C21H15ClF4N4O3/c1-27-19(31)18-10-13(6-7-28-18)33-12-3-5-17(15(23)9-12)30-20(32)29-16-4-2-11(8-14(16)22)21(24,25)26/h2-10H,1H3,(H,27,31)(H2,29,30,32). The van der Waals surface area contributed by atoms with Gasteiger partial charge in [0.2, 0.25) is 0 Å². The zero-order valence-corrected chi connectivity index (χ0v) is 17.5. The van der Waals surface area contributed by atoms with Gasteiger partial charge in [-0.2, -0.15) is 13.2 Å². The lowest BCUT2D eigenvalue weighted by molar-refractivity contribution is -0.137. The average molecular weight is 483 g/mol. The Labute approximate surface area is 189 Å². The third kappa shape index (κ3) is 6.10. The summed E-state index contributed by atoms with van der Waals surface area (Å²) < 4.78 is 58.0. The number of alkyl halides is 3. The third-order valence-corrected chi connectivity index (χ3v) is 4.47. The molecule has 0 aliphatic carbocycles.